The van der Waals surface area contributed by atoms with Gasteiger partial charge in [0.2, 0.25) is 5.91 Å². The number of nitrogens with one attached hydrogen (secondary N) is 2. The van der Waals surface area contributed by atoms with Gasteiger partial charge in [-0.2, -0.15) is 0 Å². The number of hydrogen-bond acceptors (Lipinski definition) is 5. The van der Waals surface area contributed by atoms with Gasteiger partial charge in [0.05, 0.1) is 12.2 Å². The van der Waals surface area contributed by atoms with Crippen molar-refractivity contribution in [3.05, 3.63) is 16.8 Å². The third-order valence-electron chi connectivity index (χ3n) is 3.69. The maximum Gasteiger partial charge on any atom is 0.319 e. The zero-order valence-corrected chi connectivity index (χ0v) is 15.1. The minimum Gasteiger partial charge on any atom is -0.320 e. The summed E-state index contributed by atoms with van der Waals surface area (Å²) < 4.78 is 0. The predicted molar refractivity (Wildman–Crippen MR) is 91.3 cm³/mol. The molecule has 0 aliphatic carbocycles. The first kappa shape index (κ1) is 18.4. The summed E-state index contributed by atoms with van der Waals surface area (Å²) in [6.45, 7) is 7.93. The van der Waals surface area contributed by atoms with Crippen LogP contribution in [-0.2, 0) is 11.3 Å². The fourth-order valence-corrected chi connectivity index (χ4v) is 2.25. The van der Waals surface area contributed by atoms with Gasteiger partial charge in [-0.1, -0.05) is 32.4 Å². The second kappa shape index (κ2) is 6.52. The summed E-state index contributed by atoms with van der Waals surface area (Å²) in [6, 6.07) is 1.36. The van der Waals surface area contributed by atoms with Gasteiger partial charge in [-0.25, -0.2) is 4.79 Å². The largest absolute Gasteiger partial charge is 0.320 e. The molecule has 1 fully saturated rings. The molecule has 1 aromatic heterocycles. The molecule has 0 radical (unpaired) electrons. The van der Waals surface area contributed by atoms with Gasteiger partial charge >= 0.3 is 6.03 Å². The van der Waals surface area contributed by atoms with Crippen molar-refractivity contribution in [3.8, 4) is 0 Å². The van der Waals surface area contributed by atoms with Gasteiger partial charge in [0.25, 0.3) is 0 Å². The fraction of sp³-hybridized carbons (Fsp3) is 0.600. The van der Waals surface area contributed by atoms with E-state index < -0.39 is 11.1 Å². The molecule has 1 atom stereocenters. The van der Waals surface area contributed by atoms with Crippen LogP contribution in [0.3, 0.4) is 0 Å². The Labute approximate surface area is 146 Å². The predicted octanol–water partition coefficient (Wildman–Crippen LogP) is 1.70. The number of amides is 3. The Kier molecular flexibility index (Phi) is 5.00. The third kappa shape index (κ3) is 4.55. The highest BCUT2D eigenvalue weighted by molar-refractivity contribution is 6.30. The normalized spacial score (nSPS) is 21.4. The zero-order valence-electron chi connectivity index (χ0n) is 14.3. The first-order valence-corrected chi connectivity index (χ1v) is 8.05. The number of urea groups is 1. The van der Waals surface area contributed by atoms with Crippen LogP contribution in [0.4, 0.5) is 10.6 Å². The zero-order chi connectivity index (χ0) is 18.1. The number of carbonyl (C=O) groups excluding carboxylic acids is 2. The number of aromatic nitrogens is 2. The Morgan fingerprint density at radius 1 is 1.50 bits per heavy atom. The summed E-state index contributed by atoms with van der Waals surface area (Å²) in [5.41, 5.74) is 5.26. The van der Waals surface area contributed by atoms with Gasteiger partial charge in [0.1, 0.15) is 0 Å². The van der Waals surface area contributed by atoms with Crippen molar-refractivity contribution >= 4 is 29.4 Å². The van der Waals surface area contributed by atoms with Crippen molar-refractivity contribution < 1.29 is 9.59 Å². The van der Waals surface area contributed by atoms with Gasteiger partial charge in [0.15, 0.2) is 11.0 Å². The molecular formula is C15H23ClN6O2. The Balaban J connectivity index is 2.12. The van der Waals surface area contributed by atoms with Gasteiger partial charge in [-0.3, -0.25) is 4.79 Å². The number of carbonyl (C=O) groups is 2. The van der Waals surface area contributed by atoms with Crippen LogP contribution in [-0.4, -0.2) is 39.2 Å². The molecule has 1 aromatic rings. The van der Waals surface area contributed by atoms with E-state index in [-0.39, 0.29) is 23.6 Å². The number of hydrogen-bond donors (Lipinski definition) is 3. The molecule has 9 heteroatoms. The molecule has 0 bridgehead atoms. The molecule has 2 rings (SSSR count). The van der Waals surface area contributed by atoms with Crippen LogP contribution in [0.1, 0.15) is 39.7 Å². The maximum absolute atomic E-state index is 12.1. The molecule has 1 aliphatic rings. The third-order valence-corrected chi connectivity index (χ3v) is 4.00. The van der Waals surface area contributed by atoms with E-state index in [0.717, 1.165) is 0 Å². The molecule has 24 heavy (non-hydrogen) atoms. The van der Waals surface area contributed by atoms with Crippen molar-refractivity contribution in [2.45, 2.75) is 46.3 Å². The Bertz CT molecular complexity index is 656. The first-order valence-electron chi connectivity index (χ1n) is 7.67. The van der Waals surface area contributed by atoms with E-state index in [0.29, 0.717) is 24.3 Å². The van der Waals surface area contributed by atoms with Crippen molar-refractivity contribution in [2.24, 2.45) is 11.1 Å². The smallest absolute Gasteiger partial charge is 0.319 e. The molecule has 132 valence electrons. The van der Waals surface area contributed by atoms with Gasteiger partial charge < -0.3 is 21.3 Å². The second-order valence-corrected chi connectivity index (χ2v) is 7.63. The monoisotopic (exact) mass is 354 g/mol. The number of anilines is 1. The standard InChI is InChI=1S/C15H23ClN6O2/c1-14(2,3)12(23)18-10-7-9(11(16)21-20-10)8-22-6-5-15(4,17)19-13(22)24/h7H,5-6,8,17H2,1-4H3,(H,19,24)(H,18,20,23). The summed E-state index contributed by atoms with van der Waals surface area (Å²) in [5, 5.41) is 13.3. The number of halogens is 1. The van der Waals surface area contributed by atoms with Gasteiger partial charge in [-0.05, 0) is 13.0 Å². The fourth-order valence-electron chi connectivity index (χ4n) is 2.10. The molecule has 0 spiro atoms. The van der Waals surface area contributed by atoms with E-state index >= 15 is 0 Å². The van der Waals surface area contributed by atoms with E-state index in [1.54, 1.807) is 38.7 Å². The van der Waals surface area contributed by atoms with Crippen LogP contribution in [0.2, 0.25) is 5.15 Å². The van der Waals surface area contributed by atoms with Crippen LogP contribution in [0, 0.1) is 5.41 Å². The number of nitrogens with zero attached hydrogens (tertiary/aromatic N) is 3. The molecule has 0 saturated carbocycles. The molecule has 1 aliphatic heterocycles. The topological polar surface area (TPSA) is 113 Å². The summed E-state index contributed by atoms with van der Waals surface area (Å²) in [4.78, 5) is 25.7. The van der Waals surface area contributed by atoms with Crippen LogP contribution >= 0.6 is 11.6 Å². The lowest BCUT2D eigenvalue weighted by Crippen LogP contribution is -2.62. The summed E-state index contributed by atoms with van der Waals surface area (Å²) >= 11 is 6.08. The average molecular weight is 355 g/mol. The van der Waals surface area contributed by atoms with Crippen LogP contribution in [0.25, 0.3) is 0 Å². The van der Waals surface area contributed by atoms with E-state index in [1.807, 2.05) is 0 Å². The molecule has 8 nitrogen and oxygen atoms in total. The lowest BCUT2D eigenvalue weighted by molar-refractivity contribution is -0.123. The molecule has 0 aromatic carbocycles. The summed E-state index contributed by atoms with van der Waals surface area (Å²) in [5.74, 6) is 0.120. The summed E-state index contributed by atoms with van der Waals surface area (Å²) in [6.07, 6.45) is 0.614. The molecule has 1 unspecified atom stereocenters. The van der Waals surface area contributed by atoms with E-state index in [1.165, 1.54) is 0 Å². The number of rotatable bonds is 3. The summed E-state index contributed by atoms with van der Waals surface area (Å²) in [7, 11) is 0. The second-order valence-electron chi connectivity index (χ2n) is 7.27. The minimum atomic E-state index is -0.709. The molecule has 2 heterocycles. The lowest BCUT2D eigenvalue weighted by atomic mass is 9.96. The maximum atomic E-state index is 12.1. The lowest BCUT2D eigenvalue weighted by Gasteiger charge is -2.37. The highest BCUT2D eigenvalue weighted by Gasteiger charge is 2.31. The number of nitrogens with two attached hydrogens (primary N) is 1. The Morgan fingerprint density at radius 3 is 2.75 bits per heavy atom. The highest BCUT2D eigenvalue weighted by Crippen LogP contribution is 2.22. The quantitative estimate of drug-likeness (QED) is 0.764. The highest BCUT2D eigenvalue weighted by atomic mass is 35.5. The molecule has 3 amide bonds. The van der Waals surface area contributed by atoms with E-state index in [4.69, 9.17) is 17.3 Å². The van der Waals surface area contributed by atoms with Crippen LogP contribution in [0.15, 0.2) is 6.07 Å². The van der Waals surface area contributed by atoms with Crippen molar-refractivity contribution in [1.82, 2.24) is 20.4 Å². The van der Waals surface area contributed by atoms with Crippen molar-refractivity contribution in [2.75, 3.05) is 11.9 Å². The van der Waals surface area contributed by atoms with Gasteiger partial charge in [0, 0.05) is 23.9 Å². The SMILES string of the molecule is CC1(N)CCN(Cc2cc(NC(=O)C(C)(C)C)nnc2Cl)C(=O)N1. The minimum absolute atomic E-state index is 0.181. The van der Waals surface area contributed by atoms with Crippen LogP contribution < -0.4 is 16.4 Å². The Morgan fingerprint density at radius 2 is 2.17 bits per heavy atom. The average Bonchev–Trinajstić information content (AvgIpc) is 2.43. The van der Waals surface area contributed by atoms with E-state index in [2.05, 4.69) is 20.8 Å². The molecule has 1 saturated heterocycles. The van der Waals surface area contributed by atoms with E-state index in [9.17, 15) is 9.59 Å². The van der Waals surface area contributed by atoms with Crippen molar-refractivity contribution in [3.63, 3.8) is 0 Å². The van der Waals surface area contributed by atoms with Crippen molar-refractivity contribution in [1.29, 1.82) is 0 Å². The van der Waals surface area contributed by atoms with Crippen LogP contribution in [0.5, 0.6) is 0 Å². The Hall–Kier alpha value is -1.93. The molecular weight excluding hydrogens is 332 g/mol. The van der Waals surface area contributed by atoms with Gasteiger partial charge in [-0.15, -0.1) is 10.2 Å². The molecule has 4 N–H and O–H groups in total. The first-order chi connectivity index (χ1) is 11.0.